The number of nitrogens with zero attached hydrogens (tertiary/aromatic N) is 2. The van der Waals surface area contributed by atoms with Gasteiger partial charge in [0.15, 0.2) is 5.96 Å². The SMILES string of the molecule is CN=C(NCc1ccc(CN2CCCC2)cc1)NCc1ccc(OC)c(C(=O)OC)c1.I. The van der Waals surface area contributed by atoms with E-state index in [9.17, 15) is 4.79 Å². The number of methoxy groups -OCH3 is 2. The van der Waals surface area contributed by atoms with Crippen LogP contribution in [0, 0.1) is 0 Å². The summed E-state index contributed by atoms with van der Waals surface area (Å²) in [5.41, 5.74) is 3.89. The number of halogens is 1. The van der Waals surface area contributed by atoms with E-state index in [-0.39, 0.29) is 24.0 Å². The van der Waals surface area contributed by atoms with Crippen molar-refractivity contribution in [3.05, 3.63) is 64.7 Å². The molecule has 0 atom stereocenters. The molecule has 0 aromatic heterocycles. The molecular formula is C24H33IN4O3. The average molecular weight is 552 g/mol. The van der Waals surface area contributed by atoms with Crippen LogP contribution >= 0.6 is 24.0 Å². The van der Waals surface area contributed by atoms with Crippen molar-refractivity contribution < 1.29 is 14.3 Å². The number of nitrogens with one attached hydrogen (secondary N) is 2. The van der Waals surface area contributed by atoms with Gasteiger partial charge in [-0.2, -0.15) is 0 Å². The molecule has 2 aromatic rings. The molecule has 1 heterocycles. The summed E-state index contributed by atoms with van der Waals surface area (Å²) in [4.78, 5) is 18.7. The monoisotopic (exact) mass is 552 g/mol. The first-order chi connectivity index (χ1) is 15.1. The third-order valence-corrected chi connectivity index (χ3v) is 5.44. The first-order valence-electron chi connectivity index (χ1n) is 10.6. The number of aliphatic imine (C=N–C) groups is 1. The fourth-order valence-electron chi connectivity index (χ4n) is 3.69. The molecule has 1 aliphatic heterocycles. The molecule has 0 radical (unpaired) electrons. The summed E-state index contributed by atoms with van der Waals surface area (Å²) in [6.45, 7) is 4.65. The fraction of sp³-hybridized carbons (Fsp3) is 0.417. The van der Waals surface area contributed by atoms with Gasteiger partial charge >= 0.3 is 5.97 Å². The third-order valence-electron chi connectivity index (χ3n) is 5.44. The van der Waals surface area contributed by atoms with Gasteiger partial charge in [-0.25, -0.2) is 4.79 Å². The van der Waals surface area contributed by atoms with Gasteiger partial charge in [-0.3, -0.25) is 9.89 Å². The molecule has 0 saturated carbocycles. The van der Waals surface area contributed by atoms with Crippen LogP contribution < -0.4 is 15.4 Å². The Kier molecular flexibility index (Phi) is 10.8. The fourth-order valence-corrected chi connectivity index (χ4v) is 3.69. The Morgan fingerprint density at radius 3 is 2.16 bits per heavy atom. The van der Waals surface area contributed by atoms with E-state index in [1.54, 1.807) is 19.2 Å². The average Bonchev–Trinajstić information content (AvgIpc) is 3.32. The molecule has 3 rings (SSSR count). The van der Waals surface area contributed by atoms with Crippen molar-refractivity contribution in [2.24, 2.45) is 4.99 Å². The van der Waals surface area contributed by atoms with Crippen molar-refractivity contribution in [1.82, 2.24) is 15.5 Å². The highest BCUT2D eigenvalue weighted by Gasteiger charge is 2.14. The van der Waals surface area contributed by atoms with E-state index in [1.165, 1.54) is 51.3 Å². The normalized spacial score (nSPS) is 13.9. The Morgan fingerprint density at radius 2 is 1.56 bits per heavy atom. The summed E-state index contributed by atoms with van der Waals surface area (Å²) in [5.74, 6) is 0.761. The van der Waals surface area contributed by atoms with Gasteiger partial charge in [0, 0.05) is 26.7 Å². The molecule has 2 N–H and O–H groups in total. The number of likely N-dealkylation sites (tertiary alicyclic amines) is 1. The van der Waals surface area contributed by atoms with Crippen molar-refractivity contribution in [2.45, 2.75) is 32.5 Å². The largest absolute Gasteiger partial charge is 0.496 e. The minimum absolute atomic E-state index is 0. The minimum Gasteiger partial charge on any atom is -0.496 e. The highest BCUT2D eigenvalue weighted by Crippen LogP contribution is 2.20. The molecule has 32 heavy (non-hydrogen) atoms. The van der Waals surface area contributed by atoms with Crippen LogP contribution in [0.25, 0.3) is 0 Å². The molecule has 2 aromatic carbocycles. The molecule has 0 unspecified atom stereocenters. The lowest BCUT2D eigenvalue weighted by atomic mass is 10.1. The van der Waals surface area contributed by atoms with E-state index in [0.717, 1.165) is 12.1 Å². The molecule has 174 valence electrons. The zero-order valence-corrected chi connectivity index (χ0v) is 21.3. The van der Waals surface area contributed by atoms with Gasteiger partial charge in [0.2, 0.25) is 0 Å². The Bertz CT molecular complexity index is 897. The highest BCUT2D eigenvalue weighted by atomic mass is 127. The standard InChI is InChI=1S/C24H32N4O3.HI/c1-25-24(27-16-20-10-11-22(30-2)21(14-20)23(29)31-3)26-15-18-6-8-19(9-7-18)17-28-12-4-5-13-28;/h6-11,14H,4-5,12-13,15-17H2,1-3H3,(H2,25,26,27);1H. The molecule has 0 spiro atoms. The maximum atomic E-state index is 12.0. The predicted octanol–water partition coefficient (Wildman–Crippen LogP) is 3.56. The van der Waals surface area contributed by atoms with Crippen LogP contribution in [0.1, 0.15) is 39.9 Å². The number of carbonyl (C=O) groups is 1. The van der Waals surface area contributed by atoms with Crippen molar-refractivity contribution in [2.75, 3.05) is 34.4 Å². The van der Waals surface area contributed by atoms with Crippen LogP contribution in [0.15, 0.2) is 47.5 Å². The number of carbonyl (C=O) groups excluding carboxylic acids is 1. The minimum atomic E-state index is -0.422. The van der Waals surface area contributed by atoms with Gasteiger partial charge < -0.3 is 20.1 Å². The number of rotatable bonds is 8. The zero-order valence-electron chi connectivity index (χ0n) is 19.0. The van der Waals surface area contributed by atoms with Crippen LogP contribution in [0.4, 0.5) is 0 Å². The van der Waals surface area contributed by atoms with E-state index in [1.807, 2.05) is 6.07 Å². The van der Waals surface area contributed by atoms with E-state index in [4.69, 9.17) is 9.47 Å². The van der Waals surface area contributed by atoms with Crippen LogP contribution in [0.5, 0.6) is 5.75 Å². The van der Waals surface area contributed by atoms with Gasteiger partial charge in [0.1, 0.15) is 11.3 Å². The second-order valence-electron chi connectivity index (χ2n) is 7.61. The molecule has 0 bridgehead atoms. The van der Waals surface area contributed by atoms with Gasteiger partial charge in [-0.15, -0.1) is 24.0 Å². The first kappa shape index (κ1) is 25.9. The highest BCUT2D eigenvalue weighted by molar-refractivity contribution is 14.0. The summed E-state index contributed by atoms with van der Waals surface area (Å²) in [7, 11) is 4.63. The number of benzene rings is 2. The summed E-state index contributed by atoms with van der Waals surface area (Å²) in [6, 6.07) is 14.2. The number of hydrogen-bond acceptors (Lipinski definition) is 5. The third kappa shape index (κ3) is 7.37. The molecule has 0 amide bonds. The lowest BCUT2D eigenvalue weighted by Crippen LogP contribution is -2.36. The van der Waals surface area contributed by atoms with E-state index in [2.05, 4.69) is 44.8 Å². The van der Waals surface area contributed by atoms with Gasteiger partial charge in [0.25, 0.3) is 0 Å². The van der Waals surface area contributed by atoms with E-state index < -0.39 is 5.97 Å². The van der Waals surface area contributed by atoms with Crippen LogP contribution in [-0.2, 0) is 24.4 Å². The maximum absolute atomic E-state index is 12.0. The number of ether oxygens (including phenoxy) is 2. The van der Waals surface area contributed by atoms with Crippen molar-refractivity contribution in [1.29, 1.82) is 0 Å². The van der Waals surface area contributed by atoms with Crippen LogP contribution in [-0.4, -0.2) is 51.2 Å². The second-order valence-corrected chi connectivity index (χ2v) is 7.61. The Balaban J connectivity index is 0.00000363. The maximum Gasteiger partial charge on any atom is 0.341 e. The lowest BCUT2D eigenvalue weighted by molar-refractivity contribution is 0.0597. The lowest BCUT2D eigenvalue weighted by Gasteiger charge is -2.15. The smallest absolute Gasteiger partial charge is 0.341 e. The number of hydrogen-bond donors (Lipinski definition) is 2. The van der Waals surface area contributed by atoms with Gasteiger partial charge in [-0.1, -0.05) is 30.3 Å². The Morgan fingerprint density at radius 1 is 0.969 bits per heavy atom. The zero-order chi connectivity index (χ0) is 22.1. The Hall–Kier alpha value is -2.33. The molecular weight excluding hydrogens is 519 g/mol. The summed E-state index contributed by atoms with van der Waals surface area (Å²) >= 11 is 0. The molecule has 1 aliphatic rings. The molecule has 1 fully saturated rings. The number of guanidine groups is 1. The van der Waals surface area contributed by atoms with Gasteiger partial charge in [-0.05, 0) is 54.8 Å². The molecule has 1 saturated heterocycles. The predicted molar refractivity (Wildman–Crippen MR) is 138 cm³/mol. The van der Waals surface area contributed by atoms with Crippen LogP contribution in [0.2, 0.25) is 0 Å². The van der Waals surface area contributed by atoms with E-state index >= 15 is 0 Å². The van der Waals surface area contributed by atoms with E-state index in [0.29, 0.717) is 30.4 Å². The Labute approximate surface area is 207 Å². The topological polar surface area (TPSA) is 75.2 Å². The van der Waals surface area contributed by atoms with Crippen molar-refractivity contribution in [3.63, 3.8) is 0 Å². The second kappa shape index (κ2) is 13.3. The van der Waals surface area contributed by atoms with Gasteiger partial charge in [0.05, 0.1) is 14.2 Å². The quantitative estimate of drug-likeness (QED) is 0.226. The molecule has 8 heteroatoms. The van der Waals surface area contributed by atoms with Crippen LogP contribution in [0.3, 0.4) is 0 Å². The van der Waals surface area contributed by atoms with Crippen molar-refractivity contribution in [3.8, 4) is 5.75 Å². The summed E-state index contributed by atoms with van der Waals surface area (Å²) < 4.78 is 10.1. The molecule has 0 aliphatic carbocycles. The van der Waals surface area contributed by atoms with Crippen molar-refractivity contribution >= 4 is 35.9 Å². The summed E-state index contributed by atoms with van der Waals surface area (Å²) in [6.07, 6.45) is 2.63. The molecule has 7 nitrogen and oxygen atoms in total. The number of esters is 1. The summed E-state index contributed by atoms with van der Waals surface area (Å²) in [5, 5.41) is 6.61. The first-order valence-corrected chi connectivity index (χ1v) is 10.6.